The van der Waals surface area contributed by atoms with E-state index in [-0.39, 0.29) is 5.92 Å². The molecule has 0 aromatic heterocycles. The Bertz CT molecular complexity index is 431. The maximum Gasteiger partial charge on any atom is 0.214 e. The molecule has 0 spiro atoms. The smallest absolute Gasteiger partial charge is 0.214 e. The van der Waals surface area contributed by atoms with Gasteiger partial charge in [0.1, 0.15) is 0 Å². The van der Waals surface area contributed by atoms with Crippen LogP contribution in [0.5, 0.6) is 0 Å². The van der Waals surface area contributed by atoms with E-state index in [9.17, 15) is 8.42 Å². The van der Waals surface area contributed by atoms with Crippen LogP contribution < -0.4 is 5.32 Å². The molecule has 2 atom stereocenters. The molecule has 122 valence electrons. The van der Waals surface area contributed by atoms with Gasteiger partial charge in [-0.05, 0) is 38.3 Å². The highest BCUT2D eigenvalue weighted by Crippen LogP contribution is 2.22. The van der Waals surface area contributed by atoms with Crippen molar-refractivity contribution < 1.29 is 13.2 Å². The van der Waals surface area contributed by atoms with Crippen LogP contribution in [0.1, 0.15) is 19.3 Å². The first-order valence-electron chi connectivity index (χ1n) is 8.15. The molecule has 3 heterocycles. The number of rotatable bonds is 4. The van der Waals surface area contributed by atoms with Gasteiger partial charge in [0.25, 0.3) is 0 Å². The van der Waals surface area contributed by atoms with Crippen molar-refractivity contribution in [3.05, 3.63) is 0 Å². The third kappa shape index (κ3) is 3.96. The Balaban J connectivity index is 1.53. The van der Waals surface area contributed by atoms with Crippen LogP contribution in [0, 0.1) is 5.92 Å². The molecule has 2 unspecified atom stereocenters. The summed E-state index contributed by atoms with van der Waals surface area (Å²) in [5.41, 5.74) is 0. The second-order valence-corrected chi connectivity index (χ2v) is 8.45. The molecule has 6 nitrogen and oxygen atoms in total. The van der Waals surface area contributed by atoms with Crippen LogP contribution in [-0.2, 0) is 14.8 Å². The topological polar surface area (TPSA) is 61.9 Å². The molecular formula is C14H27N3O3S. The third-order valence-corrected chi connectivity index (χ3v) is 6.94. The van der Waals surface area contributed by atoms with Crippen molar-refractivity contribution in [3.8, 4) is 0 Å². The summed E-state index contributed by atoms with van der Waals surface area (Å²) >= 11 is 0. The van der Waals surface area contributed by atoms with Crippen LogP contribution in [-0.4, -0.2) is 81.9 Å². The lowest BCUT2D eigenvalue weighted by atomic mass is 10.0. The van der Waals surface area contributed by atoms with Crippen LogP contribution in [0.2, 0.25) is 0 Å². The lowest BCUT2D eigenvalue weighted by molar-refractivity contribution is 0.0196. The first-order valence-corrected chi connectivity index (χ1v) is 9.76. The average Bonchev–Trinajstić information content (AvgIpc) is 2.99. The predicted octanol–water partition coefficient (Wildman–Crippen LogP) is -0.278. The van der Waals surface area contributed by atoms with Crippen molar-refractivity contribution in [2.75, 3.05) is 58.2 Å². The number of hydrogen-bond donors (Lipinski definition) is 1. The Hall–Kier alpha value is -0.210. The lowest BCUT2D eigenvalue weighted by Crippen LogP contribution is -2.45. The Morgan fingerprint density at radius 3 is 2.67 bits per heavy atom. The molecule has 0 saturated carbocycles. The Labute approximate surface area is 127 Å². The van der Waals surface area contributed by atoms with Gasteiger partial charge in [-0.1, -0.05) is 0 Å². The zero-order valence-electron chi connectivity index (χ0n) is 12.7. The van der Waals surface area contributed by atoms with Crippen molar-refractivity contribution >= 4 is 10.0 Å². The molecule has 0 aliphatic carbocycles. The largest absolute Gasteiger partial charge is 0.379 e. The first-order chi connectivity index (χ1) is 10.1. The minimum atomic E-state index is -3.10. The summed E-state index contributed by atoms with van der Waals surface area (Å²) in [5.74, 6) is 0.599. The summed E-state index contributed by atoms with van der Waals surface area (Å²) < 4.78 is 32.3. The standard InChI is InChI=1S/C14H27N3O3S/c18-21(19,12-13-2-1-4-15-10-13)17-5-3-14(11-17)16-6-8-20-9-7-16/h13-15H,1-12H2. The van der Waals surface area contributed by atoms with Crippen LogP contribution >= 0.6 is 0 Å². The van der Waals surface area contributed by atoms with Gasteiger partial charge >= 0.3 is 0 Å². The van der Waals surface area contributed by atoms with Crippen LogP contribution in [0.25, 0.3) is 0 Å². The monoisotopic (exact) mass is 317 g/mol. The molecule has 0 bridgehead atoms. The van der Waals surface area contributed by atoms with Crippen molar-refractivity contribution in [2.45, 2.75) is 25.3 Å². The number of piperidine rings is 1. The van der Waals surface area contributed by atoms with Gasteiger partial charge in [-0.15, -0.1) is 0 Å². The molecule has 0 aromatic rings. The molecule has 3 rings (SSSR count). The van der Waals surface area contributed by atoms with E-state index in [0.29, 0.717) is 24.9 Å². The van der Waals surface area contributed by atoms with E-state index >= 15 is 0 Å². The number of ether oxygens (including phenoxy) is 1. The fourth-order valence-corrected chi connectivity index (χ4v) is 5.55. The van der Waals surface area contributed by atoms with Gasteiger partial charge in [-0.2, -0.15) is 0 Å². The van der Waals surface area contributed by atoms with Crippen LogP contribution in [0.3, 0.4) is 0 Å². The number of sulfonamides is 1. The van der Waals surface area contributed by atoms with Gasteiger partial charge < -0.3 is 10.1 Å². The lowest BCUT2D eigenvalue weighted by Gasteiger charge is -2.32. The fourth-order valence-electron chi connectivity index (χ4n) is 3.67. The zero-order chi connectivity index (χ0) is 14.7. The van der Waals surface area contributed by atoms with E-state index in [4.69, 9.17) is 4.74 Å². The van der Waals surface area contributed by atoms with Crippen molar-refractivity contribution in [1.29, 1.82) is 0 Å². The summed E-state index contributed by atoms with van der Waals surface area (Å²) in [6, 6.07) is 0.383. The summed E-state index contributed by atoms with van der Waals surface area (Å²) in [6.07, 6.45) is 3.09. The third-order valence-electron chi connectivity index (χ3n) is 4.93. The molecule has 3 aliphatic heterocycles. The Morgan fingerprint density at radius 1 is 1.14 bits per heavy atom. The minimum Gasteiger partial charge on any atom is -0.379 e. The number of nitrogens with one attached hydrogen (secondary N) is 1. The Kier molecular flexibility index (Phi) is 5.16. The fraction of sp³-hybridized carbons (Fsp3) is 1.00. The molecule has 1 N–H and O–H groups in total. The molecule has 3 fully saturated rings. The molecule has 7 heteroatoms. The maximum atomic E-state index is 12.6. The first kappa shape index (κ1) is 15.7. The van der Waals surface area contributed by atoms with Gasteiger partial charge in [-0.25, -0.2) is 12.7 Å². The second-order valence-electron chi connectivity index (χ2n) is 6.44. The van der Waals surface area contributed by atoms with Crippen molar-refractivity contribution in [2.24, 2.45) is 5.92 Å². The molecule has 3 aliphatic rings. The quantitative estimate of drug-likeness (QED) is 0.773. The number of nitrogens with zero attached hydrogens (tertiary/aromatic N) is 2. The zero-order valence-corrected chi connectivity index (χ0v) is 13.5. The van der Waals surface area contributed by atoms with E-state index in [1.807, 2.05) is 0 Å². The second kappa shape index (κ2) is 6.91. The predicted molar refractivity (Wildman–Crippen MR) is 81.8 cm³/mol. The van der Waals surface area contributed by atoms with E-state index in [0.717, 1.165) is 58.7 Å². The van der Waals surface area contributed by atoms with E-state index < -0.39 is 10.0 Å². The molecule has 0 radical (unpaired) electrons. The molecule has 21 heavy (non-hydrogen) atoms. The van der Waals surface area contributed by atoms with Gasteiger partial charge in [-0.3, -0.25) is 4.90 Å². The van der Waals surface area contributed by atoms with Gasteiger partial charge in [0.2, 0.25) is 10.0 Å². The van der Waals surface area contributed by atoms with E-state index in [1.54, 1.807) is 4.31 Å². The highest BCUT2D eigenvalue weighted by molar-refractivity contribution is 7.89. The molecule has 3 saturated heterocycles. The summed E-state index contributed by atoms with van der Waals surface area (Å²) in [6.45, 7) is 6.65. The maximum absolute atomic E-state index is 12.6. The van der Waals surface area contributed by atoms with Crippen molar-refractivity contribution in [1.82, 2.24) is 14.5 Å². The van der Waals surface area contributed by atoms with Gasteiger partial charge in [0.05, 0.1) is 19.0 Å². The molecule has 0 aromatic carbocycles. The van der Waals surface area contributed by atoms with Gasteiger partial charge in [0.15, 0.2) is 0 Å². The van der Waals surface area contributed by atoms with Gasteiger partial charge in [0, 0.05) is 32.2 Å². The van der Waals surface area contributed by atoms with Crippen molar-refractivity contribution in [3.63, 3.8) is 0 Å². The van der Waals surface area contributed by atoms with E-state index in [2.05, 4.69) is 10.2 Å². The summed E-state index contributed by atoms with van der Waals surface area (Å²) in [5, 5.41) is 3.30. The highest BCUT2D eigenvalue weighted by Gasteiger charge is 2.36. The highest BCUT2D eigenvalue weighted by atomic mass is 32.2. The molecular weight excluding hydrogens is 290 g/mol. The summed E-state index contributed by atoms with van der Waals surface area (Å²) in [4.78, 5) is 2.39. The van der Waals surface area contributed by atoms with E-state index in [1.165, 1.54) is 0 Å². The molecule has 0 amide bonds. The average molecular weight is 317 g/mol. The SMILES string of the molecule is O=S(=O)(CC1CCCNC1)N1CCC(N2CCOCC2)C1. The summed E-state index contributed by atoms with van der Waals surface area (Å²) in [7, 11) is -3.10. The minimum absolute atomic E-state index is 0.284. The normalized spacial score (nSPS) is 33.3. The van der Waals surface area contributed by atoms with Crippen LogP contribution in [0.15, 0.2) is 0 Å². The Morgan fingerprint density at radius 2 is 1.95 bits per heavy atom. The van der Waals surface area contributed by atoms with Crippen LogP contribution in [0.4, 0.5) is 0 Å². The number of morpholine rings is 1. The number of hydrogen-bond acceptors (Lipinski definition) is 5.